The standard InChI is InChI=1S/C10H8BrF5O/c11-7-1-6(2-8(12)3-7)4-17-5-10(15,16)9(13)14/h1-3,9H,4-5H2. The molecule has 0 saturated heterocycles. The minimum atomic E-state index is -4.19. The molecular formula is C10H8BrF5O. The Bertz CT molecular complexity index is 363. The summed E-state index contributed by atoms with van der Waals surface area (Å²) in [5.74, 6) is -4.76. The van der Waals surface area contributed by atoms with Crippen LogP contribution in [0, 0.1) is 5.82 Å². The summed E-state index contributed by atoms with van der Waals surface area (Å²) in [6, 6.07) is 3.70. The number of benzene rings is 1. The maximum Gasteiger partial charge on any atom is 0.330 e. The van der Waals surface area contributed by atoms with Crippen LogP contribution < -0.4 is 0 Å². The Hall–Kier alpha value is -0.690. The third-order valence-electron chi connectivity index (χ3n) is 1.80. The fourth-order valence-electron chi connectivity index (χ4n) is 1.06. The average Bonchev–Trinajstić information content (AvgIpc) is 2.15. The number of halogens is 6. The van der Waals surface area contributed by atoms with E-state index < -0.39 is 24.8 Å². The first-order valence-corrected chi connectivity index (χ1v) is 5.29. The summed E-state index contributed by atoms with van der Waals surface area (Å²) in [7, 11) is 0. The van der Waals surface area contributed by atoms with Gasteiger partial charge in [0.25, 0.3) is 0 Å². The van der Waals surface area contributed by atoms with Gasteiger partial charge < -0.3 is 4.74 Å². The highest BCUT2D eigenvalue weighted by Crippen LogP contribution is 2.23. The molecular weight excluding hydrogens is 311 g/mol. The Kier molecular flexibility index (Phi) is 4.88. The summed E-state index contributed by atoms with van der Waals surface area (Å²) in [5, 5.41) is 0. The molecule has 0 spiro atoms. The smallest absolute Gasteiger partial charge is 0.330 e. The van der Waals surface area contributed by atoms with Crippen LogP contribution in [0.2, 0.25) is 0 Å². The molecule has 0 N–H and O–H groups in total. The summed E-state index contributed by atoms with van der Waals surface area (Å²) < 4.78 is 66.2. The van der Waals surface area contributed by atoms with Gasteiger partial charge in [0.2, 0.25) is 0 Å². The third-order valence-corrected chi connectivity index (χ3v) is 2.26. The van der Waals surface area contributed by atoms with E-state index in [-0.39, 0.29) is 12.2 Å². The van der Waals surface area contributed by atoms with Gasteiger partial charge in [0.15, 0.2) is 0 Å². The van der Waals surface area contributed by atoms with Gasteiger partial charge in [-0.1, -0.05) is 15.9 Å². The zero-order chi connectivity index (χ0) is 13.1. The van der Waals surface area contributed by atoms with Crippen LogP contribution in [-0.2, 0) is 11.3 Å². The SMILES string of the molecule is Fc1cc(Br)cc(COCC(F)(F)C(F)F)c1. The van der Waals surface area contributed by atoms with Gasteiger partial charge in [-0.25, -0.2) is 13.2 Å². The Balaban J connectivity index is 2.51. The van der Waals surface area contributed by atoms with Gasteiger partial charge in [-0.2, -0.15) is 8.78 Å². The van der Waals surface area contributed by atoms with E-state index in [1.807, 2.05) is 0 Å². The summed E-state index contributed by atoms with van der Waals surface area (Å²) in [6.07, 6.45) is -3.78. The third kappa shape index (κ3) is 4.59. The van der Waals surface area contributed by atoms with E-state index in [2.05, 4.69) is 20.7 Å². The van der Waals surface area contributed by atoms with Crippen LogP contribution in [-0.4, -0.2) is 19.0 Å². The molecule has 0 heterocycles. The van der Waals surface area contributed by atoms with E-state index in [1.165, 1.54) is 12.1 Å². The summed E-state index contributed by atoms with van der Waals surface area (Å²) >= 11 is 3.00. The fraction of sp³-hybridized carbons (Fsp3) is 0.400. The van der Waals surface area contributed by atoms with Crippen molar-refractivity contribution in [2.45, 2.75) is 19.0 Å². The first-order chi connectivity index (χ1) is 7.81. The highest BCUT2D eigenvalue weighted by molar-refractivity contribution is 9.10. The molecule has 0 aliphatic carbocycles. The molecule has 1 aromatic rings. The highest BCUT2D eigenvalue weighted by Gasteiger charge is 2.40. The summed E-state index contributed by atoms with van der Waals surface area (Å²) in [4.78, 5) is 0. The van der Waals surface area contributed by atoms with E-state index in [0.29, 0.717) is 4.47 Å². The van der Waals surface area contributed by atoms with Crippen LogP contribution in [0.3, 0.4) is 0 Å². The molecule has 0 aromatic heterocycles. The normalized spacial score (nSPS) is 12.2. The molecule has 1 aromatic carbocycles. The van der Waals surface area contributed by atoms with Crippen LogP contribution in [0.25, 0.3) is 0 Å². The minimum Gasteiger partial charge on any atom is -0.370 e. The predicted molar refractivity (Wildman–Crippen MR) is 54.7 cm³/mol. The van der Waals surface area contributed by atoms with E-state index in [4.69, 9.17) is 0 Å². The van der Waals surface area contributed by atoms with Crippen molar-refractivity contribution in [3.05, 3.63) is 34.1 Å². The Morgan fingerprint density at radius 3 is 2.41 bits per heavy atom. The largest absolute Gasteiger partial charge is 0.370 e. The first kappa shape index (κ1) is 14.4. The summed E-state index contributed by atoms with van der Waals surface area (Å²) in [6.45, 7) is -1.77. The van der Waals surface area contributed by atoms with Gasteiger partial charge in [-0.05, 0) is 23.8 Å². The van der Waals surface area contributed by atoms with Gasteiger partial charge in [0.05, 0.1) is 6.61 Å². The molecule has 96 valence electrons. The Morgan fingerprint density at radius 2 is 1.88 bits per heavy atom. The second kappa shape index (κ2) is 5.77. The average molecular weight is 319 g/mol. The molecule has 0 radical (unpaired) electrons. The van der Waals surface area contributed by atoms with E-state index in [9.17, 15) is 22.0 Å². The predicted octanol–water partition coefficient (Wildman–Crippen LogP) is 4.01. The zero-order valence-electron chi connectivity index (χ0n) is 8.40. The number of alkyl halides is 4. The molecule has 1 rings (SSSR count). The Morgan fingerprint density at radius 1 is 1.24 bits per heavy atom. The number of hydrogen-bond acceptors (Lipinski definition) is 1. The van der Waals surface area contributed by atoms with Gasteiger partial charge >= 0.3 is 12.3 Å². The molecule has 0 atom stereocenters. The molecule has 0 unspecified atom stereocenters. The monoisotopic (exact) mass is 318 g/mol. The van der Waals surface area contributed by atoms with Crippen molar-refractivity contribution in [1.29, 1.82) is 0 Å². The number of rotatable bonds is 5. The molecule has 0 amide bonds. The van der Waals surface area contributed by atoms with Gasteiger partial charge in [0.1, 0.15) is 12.4 Å². The van der Waals surface area contributed by atoms with E-state index >= 15 is 0 Å². The van der Waals surface area contributed by atoms with Crippen molar-refractivity contribution >= 4 is 15.9 Å². The van der Waals surface area contributed by atoms with Crippen LogP contribution in [0.15, 0.2) is 22.7 Å². The lowest BCUT2D eigenvalue weighted by Gasteiger charge is -2.15. The lowest BCUT2D eigenvalue weighted by atomic mass is 10.2. The molecule has 0 bridgehead atoms. The van der Waals surface area contributed by atoms with Crippen LogP contribution in [0.4, 0.5) is 22.0 Å². The van der Waals surface area contributed by atoms with E-state index in [1.54, 1.807) is 0 Å². The Labute approximate surface area is 103 Å². The van der Waals surface area contributed by atoms with Crippen molar-refractivity contribution < 1.29 is 26.7 Å². The van der Waals surface area contributed by atoms with Crippen molar-refractivity contribution in [3.8, 4) is 0 Å². The van der Waals surface area contributed by atoms with Gasteiger partial charge in [0, 0.05) is 4.47 Å². The summed E-state index contributed by atoms with van der Waals surface area (Å²) in [5.41, 5.74) is 0.280. The van der Waals surface area contributed by atoms with Crippen LogP contribution in [0.1, 0.15) is 5.56 Å². The van der Waals surface area contributed by atoms with Crippen LogP contribution >= 0.6 is 15.9 Å². The lowest BCUT2D eigenvalue weighted by molar-refractivity contribution is -0.168. The fourth-order valence-corrected chi connectivity index (χ4v) is 1.57. The molecule has 0 fully saturated rings. The van der Waals surface area contributed by atoms with Crippen molar-refractivity contribution in [2.75, 3.05) is 6.61 Å². The highest BCUT2D eigenvalue weighted by atomic mass is 79.9. The molecule has 0 saturated carbocycles. The van der Waals surface area contributed by atoms with Crippen molar-refractivity contribution in [3.63, 3.8) is 0 Å². The minimum absolute atomic E-state index is 0.280. The van der Waals surface area contributed by atoms with Crippen LogP contribution in [0.5, 0.6) is 0 Å². The second-order valence-electron chi connectivity index (χ2n) is 3.33. The number of hydrogen-bond donors (Lipinski definition) is 0. The zero-order valence-corrected chi connectivity index (χ0v) is 9.99. The molecule has 0 aliphatic rings. The molecule has 17 heavy (non-hydrogen) atoms. The number of ether oxygens (including phenoxy) is 1. The lowest BCUT2D eigenvalue weighted by Crippen LogP contribution is -2.32. The quantitative estimate of drug-likeness (QED) is 0.745. The van der Waals surface area contributed by atoms with Crippen molar-refractivity contribution in [2.24, 2.45) is 0 Å². The van der Waals surface area contributed by atoms with E-state index in [0.717, 1.165) is 6.07 Å². The molecule has 7 heteroatoms. The second-order valence-corrected chi connectivity index (χ2v) is 4.25. The molecule has 0 aliphatic heterocycles. The first-order valence-electron chi connectivity index (χ1n) is 4.50. The molecule has 1 nitrogen and oxygen atoms in total. The van der Waals surface area contributed by atoms with Gasteiger partial charge in [-0.15, -0.1) is 0 Å². The topological polar surface area (TPSA) is 9.23 Å². The van der Waals surface area contributed by atoms with Crippen molar-refractivity contribution in [1.82, 2.24) is 0 Å². The maximum absolute atomic E-state index is 12.9. The maximum atomic E-state index is 12.9. The van der Waals surface area contributed by atoms with Gasteiger partial charge in [-0.3, -0.25) is 0 Å².